The van der Waals surface area contributed by atoms with Gasteiger partial charge in [0.1, 0.15) is 0 Å². The monoisotopic (exact) mass is 659 g/mol. The number of thiazole rings is 1. The van der Waals surface area contributed by atoms with E-state index in [4.69, 9.17) is 42.4 Å². The van der Waals surface area contributed by atoms with E-state index >= 15 is 0 Å². The van der Waals surface area contributed by atoms with Gasteiger partial charge in [-0.3, -0.25) is 9.36 Å². The lowest BCUT2D eigenvalue weighted by Crippen LogP contribution is -2.39. The predicted octanol–water partition coefficient (Wildman–Crippen LogP) is 6.15. The molecule has 0 aliphatic carbocycles. The Bertz CT molecular complexity index is 2250. The first-order valence-electron chi connectivity index (χ1n) is 14.4. The number of nitrogens with zero attached hydrogens (tertiary/aromatic N) is 3. The van der Waals surface area contributed by atoms with Gasteiger partial charge in [-0.25, -0.2) is 9.79 Å². The van der Waals surface area contributed by atoms with Crippen LogP contribution in [0.3, 0.4) is 0 Å². The van der Waals surface area contributed by atoms with E-state index in [1.54, 1.807) is 30.5 Å². The standard InChI is InChI=1S/C34H27Cl2N3O5S/c1-4-42-33(41)30-18(2)37-34-39(31(30)20-10-12-27-28(13-20)44-17-43-27)32(40)29(45-34)15-24-19(3)38(26-8-6-5-7-23(24)26)16-21-9-11-22(35)14-25(21)36/h5-15,31H,4,16-17H2,1-3H3/b29-15-. The molecular formula is C34H27Cl2N3O5S. The van der Waals surface area contributed by atoms with Crippen molar-refractivity contribution in [3.8, 4) is 11.5 Å². The van der Waals surface area contributed by atoms with Gasteiger partial charge in [0.05, 0.1) is 28.5 Å². The van der Waals surface area contributed by atoms with E-state index in [-0.39, 0.29) is 19.0 Å². The van der Waals surface area contributed by atoms with Gasteiger partial charge in [0, 0.05) is 38.8 Å². The van der Waals surface area contributed by atoms with Gasteiger partial charge in [0.2, 0.25) is 6.79 Å². The molecule has 0 radical (unpaired) electrons. The van der Waals surface area contributed by atoms with E-state index in [0.29, 0.717) is 54.3 Å². The molecule has 1 atom stereocenters. The molecule has 7 rings (SSSR count). The SMILES string of the molecule is CCOC(=O)C1=C(C)N=c2s/c(=C\c3c(C)n(Cc4ccc(Cl)cc4Cl)c4ccccc34)c(=O)n2C1c1ccc2c(c1)OCO2. The Balaban J connectivity index is 1.41. The molecule has 45 heavy (non-hydrogen) atoms. The molecule has 3 aromatic carbocycles. The average molecular weight is 661 g/mol. The third kappa shape index (κ3) is 5.05. The van der Waals surface area contributed by atoms with Crippen LogP contribution in [0.1, 0.15) is 42.3 Å². The Morgan fingerprint density at radius 2 is 1.89 bits per heavy atom. The lowest BCUT2D eigenvalue weighted by molar-refractivity contribution is -0.139. The van der Waals surface area contributed by atoms with Crippen molar-refractivity contribution in [2.75, 3.05) is 13.4 Å². The van der Waals surface area contributed by atoms with Crippen LogP contribution >= 0.6 is 34.5 Å². The Morgan fingerprint density at radius 3 is 2.69 bits per heavy atom. The first-order chi connectivity index (χ1) is 21.7. The number of esters is 1. The van der Waals surface area contributed by atoms with Crippen molar-refractivity contribution in [2.24, 2.45) is 4.99 Å². The van der Waals surface area contributed by atoms with Gasteiger partial charge in [0.15, 0.2) is 16.3 Å². The fourth-order valence-electron chi connectivity index (χ4n) is 5.99. The molecule has 2 aliphatic rings. The summed E-state index contributed by atoms with van der Waals surface area (Å²) in [4.78, 5) is 32.8. The van der Waals surface area contributed by atoms with Crippen LogP contribution in [0.15, 0.2) is 81.7 Å². The van der Waals surface area contributed by atoms with E-state index in [1.165, 1.54) is 11.3 Å². The third-order valence-electron chi connectivity index (χ3n) is 8.13. The van der Waals surface area contributed by atoms with E-state index in [9.17, 15) is 9.59 Å². The zero-order chi connectivity index (χ0) is 31.4. The summed E-state index contributed by atoms with van der Waals surface area (Å²) in [6, 6.07) is 18.2. The minimum Gasteiger partial charge on any atom is -0.463 e. The number of halogens is 2. The summed E-state index contributed by atoms with van der Waals surface area (Å²) in [5.41, 5.74) is 5.08. The molecule has 0 spiro atoms. The Kier molecular flexibility index (Phi) is 7.55. The third-order valence-corrected chi connectivity index (χ3v) is 9.70. The molecule has 11 heteroatoms. The van der Waals surface area contributed by atoms with Crippen molar-refractivity contribution in [3.05, 3.63) is 124 Å². The lowest BCUT2D eigenvalue weighted by atomic mass is 9.95. The molecule has 2 aromatic heterocycles. The summed E-state index contributed by atoms with van der Waals surface area (Å²) in [6.45, 7) is 6.38. The first kappa shape index (κ1) is 29.4. The van der Waals surface area contributed by atoms with Gasteiger partial charge < -0.3 is 18.8 Å². The van der Waals surface area contributed by atoms with E-state index < -0.39 is 12.0 Å². The Hall–Kier alpha value is -4.31. The summed E-state index contributed by atoms with van der Waals surface area (Å²) in [5.74, 6) is 0.642. The van der Waals surface area contributed by atoms with Gasteiger partial charge >= 0.3 is 5.97 Å². The quantitative estimate of drug-likeness (QED) is 0.204. The highest BCUT2D eigenvalue weighted by molar-refractivity contribution is 7.07. The van der Waals surface area contributed by atoms with Gasteiger partial charge in [0.25, 0.3) is 5.56 Å². The lowest BCUT2D eigenvalue weighted by Gasteiger charge is -2.24. The van der Waals surface area contributed by atoms with Gasteiger partial charge in [-0.05, 0) is 68.3 Å². The number of carbonyl (C=O) groups excluding carboxylic acids is 1. The second kappa shape index (κ2) is 11.6. The van der Waals surface area contributed by atoms with Crippen LogP contribution in [-0.2, 0) is 16.1 Å². The molecule has 0 N–H and O–H groups in total. The van der Waals surface area contributed by atoms with E-state index in [0.717, 1.165) is 27.7 Å². The van der Waals surface area contributed by atoms with Gasteiger partial charge in [-0.1, -0.05) is 64.9 Å². The minimum absolute atomic E-state index is 0.109. The fourth-order valence-corrected chi connectivity index (χ4v) is 7.48. The van der Waals surface area contributed by atoms with Crippen molar-refractivity contribution in [1.29, 1.82) is 0 Å². The van der Waals surface area contributed by atoms with Crippen LogP contribution in [0.4, 0.5) is 0 Å². The number of ether oxygens (including phenoxy) is 3. The van der Waals surface area contributed by atoms with Crippen LogP contribution in [-0.4, -0.2) is 28.5 Å². The van der Waals surface area contributed by atoms with Gasteiger partial charge in [-0.2, -0.15) is 0 Å². The maximum atomic E-state index is 14.3. The number of benzene rings is 3. The molecule has 4 heterocycles. The number of aromatic nitrogens is 2. The summed E-state index contributed by atoms with van der Waals surface area (Å²) < 4.78 is 20.8. The first-order valence-corrected chi connectivity index (χ1v) is 15.9. The molecule has 1 unspecified atom stereocenters. The van der Waals surface area contributed by atoms with Crippen LogP contribution in [0, 0.1) is 6.92 Å². The molecule has 2 aliphatic heterocycles. The number of rotatable bonds is 6. The van der Waals surface area contributed by atoms with Crippen molar-refractivity contribution < 1.29 is 19.0 Å². The van der Waals surface area contributed by atoms with E-state index in [2.05, 4.69) is 10.6 Å². The van der Waals surface area contributed by atoms with Crippen LogP contribution < -0.4 is 24.4 Å². The number of hydrogen-bond acceptors (Lipinski definition) is 7. The minimum atomic E-state index is -0.758. The smallest absolute Gasteiger partial charge is 0.338 e. The van der Waals surface area contributed by atoms with Crippen LogP contribution in [0.5, 0.6) is 11.5 Å². The number of allylic oxidation sites excluding steroid dienone is 1. The summed E-state index contributed by atoms with van der Waals surface area (Å²) >= 11 is 14.0. The summed E-state index contributed by atoms with van der Waals surface area (Å²) in [5, 5.41) is 2.17. The molecule has 5 aromatic rings. The molecule has 0 fully saturated rings. The number of hydrogen-bond donors (Lipinski definition) is 0. The largest absolute Gasteiger partial charge is 0.463 e. The number of carbonyl (C=O) groups is 1. The molecule has 0 amide bonds. The highest BCUT2D eigenvalue weighted by atomic mass is 35.5. The number of fused-ring (bicyclic) bond motifs is 3. The summed E-state index contributed by atoms with van der Waals surface area (Å²) in [6.07, 6.45) is 1.92. The second-order valence-electron chi connectivity index (χ2n) is 10.8. The fraction of sp³-hybridized carbons (Fsp3) is 0.206. The zero-order valence-electron chi connectivity index (χ0n) is 24.6. The molecule has 228 valence electrons. The molecule has 0 saturated heterocycles. The van der Waals surface area contributed by atoms with Gasteiger partial charge in [-0.15, -0.1) is 0 Å². The average Bonchev–Trinajstić information content (AvgIpc) is 3.68. The van der Waals surface area contributed by atoms with Crippen molar-refractivity contribution in [1.82, 2.24) is 9.13 Å². The molecule has 8 nitrogen and oxygen atoms in total. The number of para-hydroxylation sites is 1. The van der Waals surface area contributed by atoms with Crippen molar-refractivity contribution in [3.63, 3.8) is 0 Å². The zero-order valence-corrected chi connectivity index (χ0v) is 26.9. The van der Waals surface area contributed by atoms with E-state index in [1.807, 2.05) is 55.5 Å². The predicted molar refractivity (Wildman–Crippen MR) is 175 cm³/mol. The molecule has 0 bridgehead atoms. The molecule has 0 saturated carbocycles. The molecular weight excluding hydrogens is 633 g/mol. The van der Waals surface area contributed by atoms with Crippen molar-refractivity contribution in [2.45, 2.75) is 33.4 Å². The normalized spacial score (nSPS) is 15.8. The highest BCUT2D eigenvalue weighted by Crippen LogP contribution is 2.38. The highest BCUT2D eigenvalue weighted by Gasteiger charge is 2.34. The second-order valence-corrected chi connectivity index (χ2v) is 12.6. The van der Waals surface area contributed by atoms with Crippen LogP contribution in [0.2, 0.25) is 10.0 Å². The Labute approximate surface area is 272 Å². The maximum absolute atomic E-state index is 14.3. The van der Waals surface area contributed by atoms with Crippen LogP contribution in [0.25, 0.3) is 17.0 Å². The van der Waals surface area contributed by atoms with Crippen molar-refractivity contribution >= 4 is 57.5 Å². The Morgan fingerprint density at radius 1 is 1.09 bits per heavy atom. The maximum Gasteiger partial charge on any atom is 0.338 e. The summed E-state index contributed by atoms with van der Waals surface area (Å²) in [7, 11) is 0. The topological polar surface area (TPSA) is 84.1 Å².